The van der Waals surface area contributed by atoms with Crippen molar-refractivity contribution in [2.75, 3.05) is 31.1 Å². The first-order chi connectivity index (χ1) is 13.6. The topological polar surface area (TPSA) is 67.2 Å². The molecule has 3 aromatic heterocycles. The van der Waals surface area contributed by atoms with Crippen LogP contribution in [-0.4, -0.2) is 56.7 Å². The van der Waals surface area contributed by atoms with Crippen LogP contribution in [0.2, 0.25) is 0 Å². The molecule has 7 nitrogen and oxygen atoms in total. The fraction of sp³-hybridized carbons (Fsp3) is 0.500. The van der Waals surface area contributed by atoms with E-state index in [0.717, 1.165) is 61.5 Å². The second-order valence-electron chi connectivity index (χ2n) is 7.77. The summed E-state index contributed by atoms with van der Waals surface area (Å²) in [7, 11) is 1.97. The number of fused-ring (bicyclic) bond motifs is 2. The lowest BCUT2D eigenvalue weighted by atomic mass is 9.87. The Labute approximate surface area is 168 Å². The second-order valence-corrected chi connectivity index (χ2v) is 9.00. The summed E-state index contributed by atoms with van der Waals surface area (Å²) in [6.07, 6.45) is 6.29. The molecule has 3 aromatic rings. The molecule has 0 saturated carbocycles. The van der Waals surface area contributed by atoms with Crippen molar-refractivity contribution in [2.24, 2.45) is 13.0 Å². The predicted octanol–water partition coefficient (Wildman–Crippen LogP) is 2.19. The molecule has 4 heterocycles. The molecule has 5 rings (SSSR count). The summed E-state index contributed by atoms with van der Waals surface area (Å²) < 4.78 is 1.93. The number of amides is 1. The van der Waals surface area contributed by atoms with Gasteiger partial charge in [-0.05, 0) is 31.4 Å². The smallest absolute Gasteiger partial charge is 0.226 e. The number of piperazine rings is 1. The SMILES string of the molecule is Cc1cc2c(N3CCN(C(=O)C4CCc5cnn(C)c5C4)CC3)ncnc2s1. The molecule has 0 N–H and O–H groups in total. The summed E-state index contributed by atoms with van der Waals surface area (Å²) in [5, 5.41) is 5.47. The van der Waals surface area contributed by atoms with Crippen LogP contribution in [0.4, 0.5) is 5.82 Å². The number of aromatic nitrogens is 4. The summed E-state index contributed by atoms with van der Waals surface area (Å²) in [6.45, 7) is 5.24. The van der Waals surface area contributed by atoms with Crippen molar-refractivity contribution >= 4 is 33.3 Å². The van der Waals surface area contributed by atoms with Crippen LogP contribution in [0.3, 0.4) is 0 Å². The number of aryl methyl sites for hydroxylation is 3. The van der Waals surface area contributed by atoms with Crippen molar-refractivity contribution in [3.05, 3.63) is 34.7 Å². The lowest BCUT2D eigenvalue weighted by Crippen LogP contribution is -2.51. The Morgan fingerprint density at radius 3 is 2.86 bits per heavy atom. The van der Waals surface area contributed by atoms with Crippen LogP contribution in [0.5, 0.6) is 0 Å². The largest absolute Gasteiger partial charge is 0.352 e. The minimum atomic E-state index is 0.0831. The second kappa shape index (κ2) is 6.84. The lowest BCUT2D eigenvalue weighted by Gasteiger charge is -2.37. The van der Waals surface area contributed by atoms with Gasteiger partial charge in [-0.25, -0.2) is 9.97 Å². The van der Waals surface area contributed by atoms with Crippen LogP contribution >= 0.6 is 11.3 Å². The van der Waals surface area contributed by atoms with Crippen molar-refractivity contribution in [2.45, 2.75) is 26.2 Å². The van der Waals surface area contributed by atoms with Gasteiger partial charge in [-0.1, -0.05) is 0 Å². The summed E-state index contributed by atoms with van der Waals surface area (Å²) >= 11 is 1.70. The van der Waals surface area contributed by atoms with Gasteiger partial charge in [0.05, 0.1) is 11.6 Å². The monoisotopic (exact) mass is 396 g/mol. The molecule has 0 spiro atoms. The molecule has 0 radical (unpaired) electrons. The lowest BCUT2D eigenvalue weighted by molar-refractivity contribution is -0.136. The number of nitrogens with zero attached hydrogens (tertiary/aromatic N) is 6. The third-order valence-corrected chi connectivity index (χ3v) is 6.98. The normalized spacial score (nSPS) is 19.9. The molecule has 1 aliphatic heterocycles. The van der Waals surface area contributed by atoms with Crippen LogP contribution in [0.25, 0.3) is 10.2 Å². The number of anilines is 1. The van der Waals surface area contributed by atoms with Gasteiger partial charge in [0.15, 0.2) is 0 Å². The zero-order valence-electron chi connectivity index (χ0n) is 16.3. The van der Waals surface area contributed by atoms with E-state index >= 15 is 0 Å². The van der Waals surface area contributed by atoms with E-state index in [9.17, 15) is 4.79 Å². The molecule has 8 heteroatoms. The van der Waals surface area contributed by atoms with Gasteiger partial charge < -0.3 is 9.80 Å². The highest BCUT2D eigenvalue weighted by Gasteiger charge is 2.32. The third-order valence-electron chi connectivity index (χ3n) is 6.02. The molecule has 2 aliphatic rings. The Kier molecular flexibility index (Phi) is 4.30. The van der Waals surface area contributed by atoms with Gasteiger partial charge in [0, 0.05) is 56.1 Å². The summed E-state index contributed by atoms with van der Waals surface area (Å²) in [5.41, 5.74) is 2.52. The van der Waals surface area contributed by atoms with Crippen molar-refractivity contribution in [1.82, 2.24) is 24.6 Å². The Bertz CT molecular complexity index is 1030. The Morgan fingerprint density at radius 1 is 1.21 bits per heavy atom. The number of rotatable bonds is 2. The number of thiophene rings is 1. The minimum absolute atomic E-state index is 0.0831. The van der Waals surface area contributed by atoms with Crippen LogP contribution in [-0.2, 0) is 24.7 Å². The average molecular weight is 397 g/mol. The zero-order valence-corrected chi connectivity index (χ0v) is 17.1. The Balaban J connectivity index is 1.27. The van der Waals surface area contributed by atoms with E-state index in [-0.39, 0.29) is 5.92 Å². The van der Waals surface area contributed by atoms with Gasteiger partial charge in [0.25, 0.3) is 0 Å². The molecule has 28 heavy (non-hydrogen) atoms. The third kappa shape index (κ3) is 2.96. The maximum absolute atomic E-state index is 13.1. The molecule has 1 unspecified atom stereocenters. The van der Waals surface area contributed by atoms with E-state index in [1.807, 2.05) is 22.8 Å². The van der Waals surface area contributed by atoms with E-state index in [2.05, 4.69) is 33.0 Å². The highest BCUT2D eigenvalue weighted by molar-refractivity contribution is 7.18. The van der Waals surface area contributed by atoms with Gasteiger partial charge in [0.2, 0.25) is 5.91 Å². The molecule has 1 saturated heterocycles. The maximum atomic E-state index is 13.1. The van der Waals surface area contributed by atoms with Crippen LogP contribution in [0.15, 0.2) is 18.6 Å². The van der Waals surface area contributed by atoms with Crippen molar-refractivity contribution in [1.29, 1.82) is 0 Å². The van der Waals surface area contributed by atoms with Gasteiger partial charge in [-0.2, -0.15) is 5.10 Å². The van der Waals surface area contributed by atoms with Gasteiger partial charge in [-0.3, -0.25) is 9.48 Å². The molecule has 0 bridgehead atoms. The fourth-order valence-corrected chi connectivity index (χ4v) is 5.31. The zero-order chi connectivity index (χ0) is 19.3. The first-order valence-electron chi connectivity index (χ1n) is 9.85. The van der Waals surface area contributed by atoms with Crippen molar-refractivity contribution < 1.29 is 4.79 Å². The van der Waals surface area contributed by atoms with E-state index in [1.165, 1.54) is 16.1 Å². The van der Waals surface area contributed by atoms with E-state index in [1.54, 1.807) is 17.7 Å². The average Bonchev–Trinajstić information content (AvgIpc) is 3.29. The van der Waals surface area contributed by atoms with Crippen LogP contribution in [0, 0.1) is 12.8 Å². The summed E-state index contributed by atoms with van der Waals surface area (Å²) in [5.74, 6) is 1.38. The van der Waals surface area contributed by atoms with Crippen molar-refractivity contribution in [3.8, 4) is 0 Å². The number of hydrogen-bond donors (Lipinski definition) is 0. The standard InChI is InChI=1S/C20H24N6OS/c1-13-9-16-18(21-12-22-19(16)28-13)25-5-7-26(8-6-25)20(27)14-3-4-15-11-23-24(2)17(15)10-14/h9,11-12,14H,3-8,10H2,1-2H3. The van der Waals surface area contributed by atoms with Gasteiger partial charge in [0.1, 0.15) is 17.0 Å². The summed E-state index contributed by atoms with van der Waals surface area (Å²) in [6, 6.07) is 2.17. The molecule has 146 valence electrons. The molecular formula is C20H24N6OS. The maximum Gasteiger partial charge on any atom is 0.226 e. The number of carbonyl (C=O) groups excluding carboxylic acids is 1. The molecule has 0 aromatic carbocycles. The first kappa shape index (κ1) is 17.6. The molecule has 1 aliphatic carbocycles. The molecular weight excluding hydrogens is 372 g/mol. The van der Waals surface area contributed by atoms with Crippen molar-refractivity contribution in [3.63, 3.8) is 0 Å². The van der Waals surface area contributed by atoms with Gasteiger partial charge in [-0.15, -0.1) is 11.3 Å². The van der Waals surface area contributed by atoms with Crippen LogP contribution < -0.4 is 4.90 Å². The Hall–Kier alpha value is -2.48. The molecule has 1 fully saturated rings. The minimum Gasteiger partial charge on any atom is -0.352 e. The summed E-state index contributed by atoms with van der Waals surface area (Å²) in [4.78, 5) is 28.7. The number of carbonyl (C=O) groups is 1. The highest BCUT2D eigenvalue weighted by atomic mass is 32.1. The van der Waals surface area contributed by atoms with Gasteiger partial charge >= 0.3 is 0 Å². The predicted molar refractivity (Wildman–Crippen MR) is 110 cm³/mol. The molecule has 1 atom stereocenters. The van der Waals surface area contributed by atoms with E-state index in [0.29, 0.717) is 5.91 Å². The van der Waals surface area contributed by atoms with E-state index in [4.69, 9.17) is 0 Å². The fourth-order valence-electron chi connectivity index (χ4n) is 4.47. The number of hydrogen-bond acceptors (Lipinski definition) is 6. The van der Waals surface area contributed by atoms with E-state index < -0.39 is 0 Å². The first-order valence-corrected chi connectivity index (χ1v) is 10.7. The quantitative estimate of drug-likeness (QED) is 0.664. The Morgan fingerprint density at radius 2 is 2.04 bits per heavy atom. The van der Waals surface area contributed by atoms with Crippen LogP contribution in [0.1, 0.15) is 22.6 Å². The highest BCUT2D eigenvalue weighted by Crippen LogP contribution is 2.31. The molecule has 1 amide bonds.